The third kappa shape index (κ3) is 3.36. The van der Waals surface area contributed by atoms with Crippen LogP contribution in [0.4, 0.5) is 0 Å². The van der Waals surface area contributed by atoms with Crippen molar-refractivity contribution >= 4 is 29.8 Å². The molecule has 1 unspecified atom stereocenters. The average molecular weight is 412 g/mol. The Hall–Kier alpha value is -1.14. The summed E-state index contributed by atoms with van der Waals surface area (Å²) in [5.74, 6) is 1.76. The van der Waals surface area contributed by atoms with Crippen LogP contribution in [0.5, 0.6) is 0 Å². The number of Topliss-reactive ketones (excluding diaryl/α,β-unsaturated/α-hetero) is 1. The normalized spacial score (nSPS) is 43.9. The molecule has 28 heavy (non-hydrogen) atoms. The summed E-state index contributed by atoms with van der Waals surface area (Å²) < 4.78 is 0. The van der Waals surface area contributed by atoms with E-state index in [9.17, 15) is 9.59 Å². The number of hydrogen-bond donors (Lipinski definition) is 2. The monoisotopic (exact) mass is 411 g/mol. The van der Waals surface area contributed by atoms with Crippen LogP contribution in [0, 0.1) is 28.6 Å². The van der Waals surface area contributed by atoms with Crippen molar-refractivity contribution in [3.05, 3.63) is 0 Å². The number of ketones is 1. The van der Waals surface area contributed by atoms with Crippen molar-refractivity contribution < 1.29 is 14.4 Å². The highest BCUT2D eigenvalue weighted by atomic mass is 35.5. The zero-order valence-electron chi connectivity index (χ0n) is 17.0. The number of halogens is 1. The number of rotatable bonds is 3. The van der Waals surface area contributed by atoms with Crippen molar-refractivity contribution in [3.63, 3.8) is 0 Å². The maximum absolute atomic E-state index is 12.8. The Labute approximate surface area is 173 Å². The van der Waals surface area contributed by atoms with Gasteiger partial charge in [-0.1, -0.05) is 19.0 Å². The molecule has 1 aliphatic heterocycles. The summed E-state index contributed by atoms with van der Waals surface area (Å²) in [7, 11) is 0. The van der Waals surface area contributed by atoms with Gasteiger partial charge < -0.3 is 15.9 Å². The first-order valence-corrected chi connectivity index (χ1v) is 10.6. The number of carbonyl (C=O) groups excluding carboxylic acids is 2. The van der Waals surface area contributed by atoms with Gasteiger partial charge in [-0.15, -0.1) is 12.4 Å². The van der Waals surface area contributed by atoms with Crippen LogP contribution in [0.2, 0.25) is 0 Å². The molecule has 0 aromatic carbocycles. The average Bonchev–Trinajstić information content (AvgIpc) is 2.87. The first-order valence-electron chi connectivity index (χ1n) is 10.6. The molecule has 7 heteroatoms. The summed E-state index contributed by atoms with van der Waals surface area (Å²) in [6, 6.07) is 0.107. The van der Waals surface area contributed by atoms with Gasteiger partial charge in [0.2, 0.25) is 5.91 Å². The predicted molar refractivity (Wildman–Crippen MR) is 110 cm³/mol. The van der Waals surface area contributed by atoms with E-state index in [0.29, 0.717) is 49.5 Å². The molecule has 1 saturated heterocycles. The molecule has 4 rings (SSSR count). The first-order chi connectivity index (χ1) is 12.9. The first kappa shape index (κ1) is 21.6. The zero-order valence-corrected chi connectivity index (χ0v) is 17.9. The lowest BCUT2D eigenvalue weighted by atomic mass is 9.51. The fourth-order valence-corrected chi connectivity index (χ4v) is 6.72. The number of nitrogens with one attached hydrogen (secondary N) is 1. The Morgan fingerprint density at radius 2 is 1.93 bits per heavy atom. The molecule has 4 aliphatic rings. The van der Waals surface area contributed by atoms with Gasteiger partial charge in [0.15, 0.2) is 0 Å². The van der Waals surface area contributed by atoms with Gasteiger partial charge in [0.25, 0.3) is 0 Å². The van der Waals surface area contributed by atoms with Crippen LogP contribution >= 0.6 is 12.4 Å². The second-order valence-electron chi connectivity index (χ2n) is 9.61. The Kier molecular flexibility index (Phi) is 6.12. The standard InChI is InChI=1S/C21H33N3O3.ClH/c1-20-7-5-13(24-27-10-9-22)11-17(20)23-19(26)12-14-15-3-4-18(25)21(15,2)8-6-16(14)20;/h14-17H,3-12,22H2,1-2H3,(H,23,26);1H/b24-13-;/t14-,15-,16-,17?,20+,21-;/m0./s1. The molecule has 1 heterocycles. The van der Waals surface area contributed by atoms with Crippen molar-refractivity contribution in [3.8, 4) is 0 Å². The number of amides is 1. The molecule has 3 N–H and O–H groups in total. The second kappa shape index (κ2) is 7.94. The largest absolute Gasteiger partial charge is 0.395 e. The second-order valence-corrected chi connectivity index (χ2v) is 9.61. The minimum absolute atomic E-state index is 0. The van der Waals surface area contributed by atoms with E-state index in [2.05, 4.69) is 24.3 Å². The van der Waals surface area contributed by atoms with Crippen molar-refractivity contribution in [2.75, 3.05) is 13.2 Å². The maximum Gasteiger partial charge on any atom is 0.220 e. The number of carbonyl (C=O) groups is 2. The van der Waals surface area contributed by atoms with Crippen molar-refractivity contribution in [2.24, 2.45) is 39.5 Å². The molecule has 0 radical (unpaired) electrons. The lowest BCUT2D eigenvalue weighted by Crippen LogP contribution is -2.54. The van der Waals surface area contributed by atoms with E-state index in [1.54, 1.807) is 0 Å². The Balaban J connectivity index is 0.00000225. The van der Waals surface area contributed by atoms with E-state index in [1.807, 2.05) is 0 Å². The van der Waals surface area contributed by atoms with Crippen LogP contribution < -0.4 is 11.1 Å². The van der Waals surface area contributed by atoms with Gasteiger partial charge in [0.1, 0.15) is 12.4 Å². The molecule has 6 atom stereocenters. The zero-order chi connectivity index (χ0) is 19.2. The summed E-state index contributed by atoms with van der Waals surface area (Å²) in [4.78, 5) is 30.7. The third-order valence-electron chi connectivity index (χ3n) is 8.34. The lowest BCUT2D eigenvalue weighted by Gasteiger charge is -2.53. The SMILES string of the molecule is C[C@]12CC/C(=N/OCCN)CC1NC(=O)C[C@@H]1[C@@H]2CC[C@]2(C)C(=O)CC[C@@H]12.Cl. The summed E-state index contributed by atoms with van der Waals surface area (Å²) in [6.07, 6.45) is 6.96. The molecule has 3 aliphatic carbocycles. The van der Waals surface area contributed by atoms with Gasteiger partial charge in [0, 0.05) is 37.3 Å². The summed E-state index contributed by atoms with van der Waals surface area (Å²) >= 11 is 0. The Bertz CT molecular complexity index is 669. The van der Waals surface area contributed by atoms with E-state index in [4.69, 9.17) is 10.6 Å². The van der Waals surface area contributed by atoms with E-state index in [-0.39, 0.29) is 35.2 Å². The quantitative estimate of drug-likeness (QED) is 0.551. The van der Waals surface area contributed by atoms with E-state index in [1.165, 1.54) is 0 Å². The highest BCUT2D eigenvalue weighted by Crippen LogP contribution is 2.61. The summed E-state index contributed by atoms with van der Waals surface area (Å²) in [5, 5.41) is 7.59. The molecule has 158 valence electrons. The number of nitrogens with two attached hydrogens (primary N) is 1. The molecular formula is C21H34ClN3O3. The van der Waals surface area contributed by atoms with Crippen molar-refractivity contribution in [1.29, 1.82) is 0 Å². The van der Waals surface area contributed by atoms with E-state index >= 15 is 0 Å². The fraction of sp³-hybridized carbons (Fsp3) is 0.857. The molecule has 1 amide bonds. The topological polar surface area (TPSA) is 93.8 Å². The van der Waals surface area contributed by atoms with Gasteiger partial charge in [-0.25, -0.2) is 0 Å². The Morgan fingerprint density at radius 3 is 2.68 bits per heavy atom. The molecule has 3 saturated carbocycles. The number of fused-ring (bicyclic) bond motifs is 5. The molecule has 4 fully saturated rings. The smallest absolute Gasteiger partial charge is 0.220 e. The van der Waals surface area contributed by atoms with Crippen LogP contribution in [0.1, 0.15) is 65.2 Å². The number of nitrogens with zero attached hydrogens (tertiary/aromatic N) is 1. The van der Waals surface area contributed by atoms with Crippen LogP contribution in [0.15, 0.2) is 5.16 Å². The summed E-state index contributed by atoms with van der Waals surface area (Å²) in [6.45, 7) is 5.40. The van der Waals surface area contributed by atoms with Gasteiger partial charge in [-0.3, -0.25) is 9.59 Å². The molecule has 0 bridgehead atoms. The van der Waals surface area contributed by atoms with Gasteiger partial charge in [-0.05, 0) is 55.3 Å². The molecule has 0 aromatic heterocycles. The highest BCUT2D eigenvalue weighted by molar-refractivity contribution is 5.88. The van der Waals surface area contributed by atoms with Crippen LogP contribution in [-0.2, 0) is 14.4 Å². The fourth-order valence-electron chi connectivity index (χ4n) is 6.72. The lowest BCUT2D eigenvalue weighted by molar-refractivity contribution is -0.133. The minimum Gasteiger partial charge on any atom is -0.395 e. The van der Waals surface area contributed by atoms with Crippen LogP contribution in [0.3, 0.4) is 0 Å². The third-order valence-corrected chi connectivity index (χ3v) is 8.34. The predicted octanol–water partition coefficient (Wildman–Crippen LogP) is 2.83. The number of oxime groups is 1. The van der Waals surface area contributed by atoms with Gasteiger partial charge >= 0.3 is 0 Å². The van der Waals surface area contributed by atoms with E-state index < -0.39 is 0 Å². The van der Waals surface area contributed by atoms with Crippen molar-refractivity contribution in [2.45, 2.75) is 71.3 Å². The van der Waals surface area contributed by atoms with Crippen LogP contribution in [0.25, 0.3) is 0 Å². The van der Waals surface area contributed by atoms with E-state index in [0.717, 1.165) is 44.2 Å². The van der Waals surface area contributed by atoms with Gasteiger partial charge in [0.05, 0.1) is 5.71 Å². The molecule has 0 spiro atoms. The van der Waals surface area contributed by atoms with Crippen LogP contribution in [-0.4, -0.2) is 36.6 Å². The molecular weight excluding hydrogens is 378 g/mol. The highest BCUT2D eigenvalue weighted by Gasteiger charge is 2.60. The summed E-state index contributed by atoms with van der Waals surface area (Å²) in [5.41, 5.74) is 6.37. The van der Waals surface area contributed by atoms with Gasteiger partial charge in [-0.2, -0.15) is 0 Å². The Morgan fingerprint density at radius 1 is 1.14 bits per heavy atom. The minimum atomic E-state index is -0.199. The molecule has 6 nitrogen and oxygen atoms in total. The maximum atomic E-state index is 12.8. The number of hydrogen-bond acceptors (Lipinski definition) is 5. The molecule has 0 aromatic rings. The van der Waals surface area contributed by atoms with Crippen molar-refractivity contribution in [1.82, 2.24) is 5.32 Å².